The van der Waals surface area contributed by atoms with Gasteiger partial charge in [0.1, 0.15) is 11.2 Å². The van der Waals surface area contributed by atoms with Gasteiger partial charge < -0.3 is 24.9 Å². The van der Waals surface area contributed by atoms with E-state index >= 15 is 4.39 Å². The number of thioether (sulfide) groups is 1. The summed E-state index contributed by atoms with van der Waals surface area (Å²) in [7, 11) is 0. The number of nitrogens with one attached hydrogen (secondary N) is 1. The molecule has 0 aliphatic carbocycles. The number of para-hydroxylation sites is 2. The zero-order chi connectivity index (χ0) is 34.9. The Balaban J connectivity index is 0.00000486. The van der Waals surface area contributed by atoms with Crippen LogP contribution in [0.3, 0.4) is 0 Å². The predicted molar refractivity (Wildman–Crippen MR) is 197 cm³/mol. The summed E-state index contributed by atoms with van der Waals surface area (Å²) in [6.07, 6.45) is 3.13. The van der Waals surface area contributed by atoms with Crippen LogP contribution in [0.1, 0.15) is 78.2 Å². The number of nitrogens with zero attached hydrogens (tertiary/aromatic N) is 5. The molecule has 4 heterocycles. The number of halogens is 1. The van der Waals surface area contributed by atoms with Gasteiger partial charge in [-0.15, -0.1) is 11.8 Å². The molecule has 0 saturated carbocycles. The lowest BCUT2D eigenvalue weighted by Crippen LogP contribution is -2.50. The lowest BCUT2D eigenvalue weighted by Gasteiger charge is -2.40. The van der Waals surface area contributed by atoms with Crippen molar-refractivity contribution in [2.75, 3.05) is 62.6 Å². The molecule has 4 aliphatic heterocycles. The van der Waals surface area contributed by atoms with E-state index < -0.39 is 5.25 Å². The third-order valence-corrected chi connectivity index (χ3v) is 12.1. The van der Waals surface area contributed by atoms with Crippen molar-refractivity contribution in [2.24, 2.45) is 5.41 Å². The summed E-state index contributed by atoms with van der Waals surface area (Å²) >= 11 is 1.50. The summed E-state index contributed by atoms with van der Waals surface area (Å²) in [5.41, 5.74) is 3.43. The van der Waals surface area contributed by atoms with Crippen molar-refractivity contribution >= 4 is 41.0 Å². The molecule has 3 fully saturated rings. The Morgan fingerprint density at radius 2 is 1.69 bits per heavy atom. The molecular weight excluding hydrogens is 640 g/mol. The maximum Gasteiger partial charge on any atom is 0.322 e. The van der Waals surface area contributed by atoms with Crippen molar-refractivity contribution in [1.82, 2.24) is 19.6 Å². The molecule has 268 valence electrons. The van der Waals surface area contributed by atoms with E-state index in [-0.39, 0.29) is 48.3 Å². The Morgan fingerprint density at radius 3 is 2.39 bits per heavy atom. The number of carbonyl (C=O) groups is 3. The Morgan fingerprint density at radius 1 is 0.980 bits per heavy atom. The lowest BCUT2D eigenvalue weighted by atomic mass is 9.92. The quantitative estimate of drug-likeness (QED) is 0.342. The molecule has 3 saturated heterocycles. The zero-order valence-electron chi connectivity index (χ0n) is 29.8. The summed E-state index contributed by atoms with van der Waals surface area (Å²) in [4.78, 5) is 51.2. The van der Waals surface area contributed by atoms with Crippen LogP contribution >= 0.6 is 11.8 Å². The van der Waals surface area contributed by atoms with Gasteiger partial charge in [0.2, 0.25) is 11.8 Å². The smallest absolute Gasteiger partial charge is 0.322 e. The van der Waals surface area contributed by atoms with Gasteiger partial charge in [0, 0.05) is 83.5 Å². The molecule has 6 rings (SSSR count). The summed E-state index contributed by atoms with van der Waals surface area (Å²) in [5.74, 6) is -0.329. The first-order chi connectivity index (χ1) is 23.4. The number of amides is 4. The van der Waals surface area contributed by atoms with Crippen molar-refractivity contribution < 1.29 is 20.2 Å². The van der Waals surface area contributed by atoms with E-state index in [2.05, 4.69) is 55.8 Å². The van der Waals surface area contributed by atoms with E-state index in [4.69, 9.17) is 0 Å². The Hall–Kier alpha value is -3.31. The Bertz CT molecular complexity index is 1520. The number of carbonyl (C=O) groups excluding carboxylic acids is 3. The summed E-state index contributed by atoms with van der Waals surface area (Å²) in [5, 5.41) is 2.17. The summed E-state index contributed by atoms with van der Waals surface area (Å²) in [6.45, 7) is 16.4. The minimum Gasteiger partial charge on any atom is -0.366 e. The van der Waals surface area contributed by atoms with E-state index in [1.807, 2.05) is 39.0 Å². The number of benzene rings is 2. The van der Waals surface area contributed by atoms with Crippen molar-refractivity contribution in [3.8, 4) is 0 Å². The SMILES string of the molecule is CC(C)N1CCN(c2c(F)cccc2[C@@H]2S[C@@H](CC(=O)N3CCC(N4CCc5ccccc5NC4=O)CC3)C(=O)N2CCC(C)(C)C)CC1.[HH]. The molecule has 1 N–H and O–H groups in total. The first kappa shape index (κ1) is 35.5. The minimum absolute atomic E-state index is 0. The number of rotatable bonds is 8. The molecule has 49 heavy (non-hydrogen) atoms. The van der Waals surface area contributed by atoms with Crippen molar-refractivity contribution in [2.45, 2.75) is 89.4 Å². The minimum atomic E-state index is -0.529. The average molecular weight is 695 g/mol. The molecule has 0 bridgehead atoms. The molecule has 0 aromatic heterocycles. The van der Waals surface area contributed by atoms with Gasteiger partial charge in [0.15, 0.2) is 0 Å². The standard InChI is InChI=1S/C38H53FN6O3S.H2/c1-26(2)41-21-23-43(24-22-41)34-29(10-8-11-30(34)39)36-45(20-16-38(3,4)5)35(47)32(49-36)25-33(46)42-17-14-28(15-18-42)44-19-13-27-9-6-7-12-31(27)40-37(44)48;/h6-12,26,28,32,36H,13-25H2,1-5H3,(H,40,48);1H/t32-,36-;/m0./s1. The highest BCUT2D eigenvalue weighted by Gasteiger charge is 2.44. The number of piperidine rings is 1. The Kier molecular flexibility index (Phi) is 10.8. The van der Waals surface area contributed by atoms with Gasteiger partial charge in [-0.3, -0.25) is 14.5 Å². The third kappa shape index (κ3) is 8.03. The monoisotopic (exact) mass is 694 g/mol. The number of piperazine rings is 1. The topological polar surface area (TPSA) is 79.4 Å². The fraction of sp³-hybridized carbons (Fsp3) is 0.605. The number of hydrogen-bond acceptors (Lipinski definition) is 6. The molecule has 0 radical (unpaired) electrons. The van der Waals surface area contributed by atoms with Gasteiger partial charge in [-0.05, 0) is 62.6 Å². The van der Waals surface area contributed by atoms with Crippen LogP contribution in [-0.2, 0) is 16.0 Å². The lowest BCUT2D eigenvalue weighted by molar-refractivity contribution is -0.137. The van der Waals surface area contributed by atoms with Crippen LogP contribution in [0.2, 0.25) is 0 Å². The second kappa shape index (κ2) is 14.9. The molecule has 0 unspecified atom stereocenters. The molecule has 9 nitrogen and oxygen atoms in total. The van der Waals surface area contributed by atoms with Crippen LogP contribution < -0.4 is 10.2 Å². The van der Waals surface area contributed by atoms with Crippen LogP contribution in [0.25, 0.3) is 0 Å². The fourth-order valence-corrected chi connectivity index (χ4v) is 9.12. The summed E-state index contributed by atoms with van der Waals surface area (Å²) < 4.78 is 15.7. The van der Waals surface area contributed by atoms with Gasteiger partial charge >= 0.3 is 6.03 Å². The maximum atomic E-state index is 15.7. The first-order valence-corrected chi connectivity index (χ1v) is 19.0. The first-order valence-electron chi connectivity index (χ1n) is 18.1. The van der Waals surface area contributed by atoms with Crippen LogP contribution in [0.15, 0.2) is 42.5 Å². The number of fused-ring (bicyclic) bond motifs is 1. The highest BCUT2D eigenvalue weighted by Crippen LogP contribution is 2.48. The van der Waals surface area contributed by atoms with E-state index in [0.717, 1.165) is 55.8 Å². The van der Waals surface area contributed by atoms with Gasteiger partial charge in [-0.2, -0.15) is 0 Å². The molecule has 0 spiro atoms. The van der Waals surface area contributed by atoms with Crippen molar-refractivity contribution in [3.05, 3.63) is 59.4 Å². The molecule has 4 aliphatic rings. The third-order valence-electron chi connectivity index (χ3n) is 10.6. The number of anilines is 2. The highest BCUT2D eigenvalue weighted by atomic mass is 32.2. The highest BCUT2D eigenvalue weighted by molar-refractivity contribution is 8.01. The normalized spacial score (nSPS) is 22.8. The largest absolute Gasteiger partial charge is 0.366 e. The molecule has 4 amide bonds. The number of hydrogen-bond donors (Lipinski definition) is 1. The van der Waals surface area contributed by atoms with E-state index in [1.165, 1.54) is 17.8 Å². The fourth-order valence-electron chi connectivity index (χ4n) is 7.63. The average Bonchev–Trinajstić information content (AvgIpc) is 3.27. The maximum absolute atomic E-state index is 15.7. The van der Waals surface area contributed by atoms with Crippen molar-refractivity contribution in [3.63, 3.8) is 0 Å². The molecular formula is C38H55FN6O3S. The molecule has 2 atom stereocenters. The number of likely N-dealkylation sites (tertiary alicyclic amines) is 1. The second-order valence-corrected chi connectivity index (χ2v) is 16.7. The van der Waals surface area contributed by atoms with E-state index in [9.17, 15) is 14.4 Å². The van der Waals surface area contributed by atoms with Gasteiger partial charge in [0.25, 0.3) is 0 Å². The zero-order valence-corrected chi connectivity index (χ0v) is 30.6. The van der Waals surface area contributed by atoms with Gasteiger partial charge in [-0.25, -0.2) is 9.18 Å². The Labute approximate surface area is 297 Å². The second-order valence-electron chi connectivity index (χ2n) is 15.5. The van der Waals surface area contributed by atoms with Crippen LogP contribution in [0.5, 0.6) is 0 Å². The van der Waals surface area contributed by atoms with Gasteiger partial charge in [0.05, 0.1) is 10.9 Å². The summed E-state index contributed by atoms with van der Waals surface area (Å²) in [6, 6.07) is 13.6. The molecule has 2 aromatic rings. The van der Waals surface area contributed by atoms with Gasteiger partial charge in [-0.1, -0.05) is 51.1 Å². The van der Waals surface area contributed by atoms with Crippen LogP contribution in [0.4, 0.5) is 20.6 Å². The molecule has 2 aromatic carbocycles. The van der Waals surface area contributed by atoms with Crippen molar-refractivity contribution in [1.29, 1.82) is 0 Å². The van der Waals surface area contributed by atoms with E-state index in [1.54, 1.807) is 6.07 Å². The van der Waals surface area contributed by atoms with E-state index in [0.29, 0.717) is 50.7 Å². The predicted octanol–water partition coefficient (Wildman–Crippen LogP) is 6.45. The van der Waals surface area contributed by atoms with Crippen LogP contribution in [-0.4, -0.2) is 107 Å². The number of urea groups is 1. The molecule has 11 heteroatoms. The van der Waals surface area contributed by atoms with Crippen LogP contribution in [0, 0.1) is 11.2 Å².